The first-order valence-electron chi connectivity index (χ1n) is 13.1. The summed E-state index contributed by atoms with van der Waals surface area (Å²) in [6, 6.07) is 15.4. The molecule has 0 spiro atoms. The average molecular weight is 511 g/mol. The molecule has 0 saturated carbocycles. The molecule has 2 aliphatic rings. The Morgan fingerprint density at radius 3 is 1.38 bits per heavy atom. The lowest BCUT2D eigenvalue weighted by atomic mass is 9.92. The van der Waals surface area contributed by atoms with Gasteiger partial charge in [-0.1, -0.05) is 24.3 Å². The Hall–Kier alpha value is -2.77. The molecule has 37 heavy (non-hydrogen) atoms. The van der Waals surface area contributed by atoms with Crippen LogP contribution in [0.2, 0.25) is 0 Å². The molecule has 2 aromatic rings. The maximum atomic E-state index is 12.9. The number of rotatable bonds is 6. The summed E-state index contributed by atoms with van der Waals surface area (Å²) in [4.78, 5) is 12.9. The minimum atomic E-state index is -0.746. The van der Waals surface area contributed by atoms with Crippen LogP contribution >= 0.6 is 0 Å². The molecule has 2 aliphatic heterocycles. The number of nitrogens with one attached hydrogen (secondary N) is 2. The quantitative estimate of drug-likeness (QED) is 0.544. The van der Waals surface area contributed by atoms with Gasteiger partial charge in [-0.15, -0.1) is 0 Å². The Labute approximate surface area is 221 Å². The lowest BCUT2D eigenvalue weighted by Crippen LogP contribution is -2.47. The molecule has 2 heterocycles. The number of hydrogen-bond acceptors (Lipinski definition) is 5. The van der Waals surface area contributed by atoms with Gasteiger partial charge in [-0.05, 0) is 104 Å². The number of carbonyl (C=O) groups excluding carboxylic acids is 1. The van der Waals surface area contributed by atoms with Gasteiger partial charge in [0.15, 0.2) is 5.79 Å². The van der Waals surface area contributed by atoms with Crippen molar-refractivity contribution in [2.75, 3.05) is 0 Å². The van der Waals surface area contributed by atoms with E-state index in [-0.39, 0.29) is 41.5 Å². The van der Waals surface area contributed by atoms with E-state index in [2.05, 4.69) is 10.6 Å². The molecule has 0 radical (unpaired) electrons. The second-order valence-corrected chi connectivity index (χ2v) is 12.5. The Balaban J connectivity index is 1.50. The first-order valence-corrected chi connectivity index (χ1v) is 13.1. The van der Waals surface area contributed by atoms with E-state index < -0.39 is 5.79 Å². The van der Waals surface area contributed by atoms with Gasteiger partial charge in [0.1, 0.15) is 34.9 Å². The van der Waals surface area contributed by atoms with E-state index >= 15 is 0 Å². The van der Waals surface area contributed by atoms with Gasteiger partial charge in [0.25, 0.3) is 0 Å². The molecular formula is C30H42N2O5. The van der Waals surface area contributed by atoms with Gasteiger partial charge in [-0.25, -0.2) is 4.79 Å². The van der Waals surface area contributed by atoms with Gasteiger partial charge in [0.2, 0.25) is 0 Å². The second kappa shape index (κ2) is 10.2. The van der Waals surface area contributed by atoms with E-state index in [0.717, 1.165) is 22.6 Å². The van der Waals surface area contributed by atoms with Crippen molar-refractivity contribution in [3.8, 4) is 11.5 Å². The van der Waals surface area contributed by atoms with E-state index in [1.807, 2.05) is 104 Å². The minimum absolute atomic E-state index is 0.213. The predicted molar refractivity (Wildman–Crippen MR) is 144 cm³/mol. The molecule has 7 heteroatoms. The van der Waals surface area contributed by atoms with Gasteiger partial charge < -0.3 is 29.6 Å². The highest BCUT2D eigenvalue weighted by atomic mass is 16.8. The van der Waals surface area contributed by atoms with E-state index in [1.165, 1.54) is 0 Å². The summed E-state index contributed by atoms with van der Waals surface area (Å²) >= 11 is 0. The second-order valence-electron chi connectivity index (χ2n) is 12.5. The van der Waals surface area contributed by atoms with Crippen molar-refractivity contribution in [2.45, 2.75) is 110 Å². The number of urea groups is 1. The summed E-state index contributed by atoms with van der Waals surface area (Å²) < 4.78 is 24.7. The summed E-state index contributed by atoms with van der Waals surface area (Å²) in [5, 5.41) is 6.27. The van der Waals surface area contributed by atoms with Crippen molar-refractivity contribution < 1.29 is 23.7 Å². The molecule has 2 N–H and O–H groups in total. The fraction of sp³-hybridized carbons (Fsp3) is 0.567. The summed E-state index contributed by atoms with van der Waals surface area (Å²) in [5.74, 6) is 0.896. The standard InChI is InChI=1S/C30H42N2O5/c1-28(2,3)34-21-13-9-19(10-14-21)17-23-25-26(37-30(7,8)36-25)24(32-27(33)31-23)18-20-11-15-22(16-12-20)35-29(4,5)6/h9-16,23-26H,17-18H2,1-8H3,(H2,31,32,33)/t23-,24-,25+,26+/m1/s1. The number of fused-ring (bicyclic) bond motifs is 1. The van der Waals surface area contributed by atoms with Gasteiger partial charge in [-0.2, -0.15) is 0 Å². The molecule has 4 rings (SSSR count). The van der Waals surface area contributed by atoms with Crippen LogP contribution < -0.4 is 20.1 Å². The van der Waals surface area contributed by atoms with Crippen LogP contribution in [0.15, 0.2) is 48.5 Å². The number of ether oxygens (including phenoxy) is 4. The van der Waals surface area contributed by atoms with Crippen LogP contribution in [-0.4, -0.2) is 47.3 Å². The van der Waals surface area contributed by atoms with Crippen LogP contribution in [-0.2, 0) is 22.3 Å². The zero-order valence-electron chi connectivity index (χ0n) is 23.4. The monoisotopic (exact) mass is 510 g/mol. The van der Waals surface area contributed by atoms with E-state index in [9.17, 15) is 4.79 Å². The van der Waals surface area contributed by atoms with Crippen LogP contribution in [0.3, 0.4) is 0 Å². The first kappa shape index (κ1) is 27.3. The van der Waals surface area contributed by atoms with Crippen molar-refractivity contribution in [1.82, 2.24) is 10.6 Å². The first-order chi connectivity index (χ1) is 17.2. The lowest BCUT2D eigenvalue weighted by Gasteiger charge is -2.27. The topological polar surface area (TPSA) is 78.1 Å². The van der Waals surface area contributed by atoms with Crippen molar-refractivity contribution in [3.05, 3.63) is 59.7 Å². The fourth-order valence-corrected chi connectivity index (χ4v) is 4.92. The maximum Gasteiger partial charge on any atom is 0.315 e. The number of carbonyl (C=O) groups is 1. The molecule has 2 fully saturated rings. The smallest absolute Gasteiger partial charge is 0.315 e. The normalized spacial score (nSPS) is 25.5. The summed E-state index contributed by atoms with van der Waals surface area (Å²) in [6.07, 6.45) is 0.644. The number of benzene rings is 2. The van der Waals surface area contributed by atoms with Crippen LogP contribution in [0, 0.1) is 0 Å². The van der Waals surface area contributed by atoms with Crippen LogP contribution in [0.25, 0.3) is 0 Å². The highest BCUT2D eigenvalue weighted by Crippen LogP contribution is 2.35. The SMILES string of the molecule is CC(C)(C)Oc1ccc(C[C@H]2NC(=O)N[C@H](Cc3ccc(OC(C)(C)C)cc3)[C@@H]3OC(C)(C)O[C@H]32)cc1. The highest BCUT2D eigenvalue weighted by molar-refractivity contribution is 5.75. The third-order valence-electron chi connectivity index (χ3n) is 6.20. The van der Waals surface area contributed by atoms with Gasteiger partial charge >= 0.3 is 6.03 Å². The van der Waals surface area contributed by atoms with Gasteiger partial charge in [0, 0.05) is 0 Å². The molecule has 0 unspecified atom stereocenters. The van der Waals surface area contributed by atoms with Crippen molar-refractivity contribution in [2.24, 2.45) is 0 Å². The minimum Gasteiger partial charge on any atom is -0.488 e. The molecule has 0 aromatic heterocycles. The largest absolute Gasteiger partial charge is 0.488 e. The van der Waals surface area contributed by atoms with Gasteiger partial charge in [0.05, 0.1) is 12.1 Å². The molecule has 2 saturated heterocycles. The molecule has 7 nitrogen and oxygen atoms in total. The third-order valence-corrected chi connectivity index (χ3v) is 6.20. The zero-order chi connectivity index (χ0) is 27.0. The fourth-order valence-electron chi connectivity index (χ4n) is 4.92. The molecule has 0 bridgehead atoms. The predicted octanol–water partition coefficient (Wildman–Crippen LogP) is 5.40. The van der Waals surface area contributed by atoms with E-state index in [1.54, 1.807) is 0 Å². The summed E-state index contributed by atoms with van der Waals surface area (Å²) in [6.45, 7) is 16.0. The van der Waals surface area contributed by atoms with Crippen molar-refractivity contribution in [3.63, 3.8) is 0 Å². The molecule has 2 amide bonds. The lowest BCUT2D eigenvalue weighted by molar-refractivity contribution is -0.150. The average Bonchev–Trinajstić information content (AvgIpc) is 3.03. The third kappa shape index (κ3) is 7.62. The molecule has 0 aliphatic carbocycles. The Morgan fingerprint density at radius 2 is 1.05 bits per heavy atom. The van der Waals surface area contributed by atoms with E-state index in [4.69, 9.17) is 18.9 Å². The maximum absolute atomic E-state index is 12.9. The molecular weight excluding hydrogens is 468 g/mol. The van der Waals surface area contributed by atoms with Crippen molar-refractivity contribution in [1.29, 1.82) is 0 Å². The van der Waals surface area contributed by atoms with Crippen molar-refractivity contribution >= 4 is 6.03 Å². The summed E-state index contributed by atoms with van der Waals surface area (Å²) in [7, 11) is 0. The number of amides is 2. The van der Waals surface area contributed by atoms with Crippen LogP contribution in [0.5, 0.6) is 11.5 Å². The highest BCUT2D eigenvalue weighted by Gasteiger charge is 2.50. The Morgan fingerprint density at radius 1 is 0.703 bits per heavy atom. The zero-order valence-corrected chi connectivity index (χ0v) is 23.4. The van der Waals surface area contributed by atoms with Gasteiger partial charge in [-0.3, -0.25) is 0 Å². The summed E-state index contributed by atoms with van der Waals surface area (Å²) in [5.41, 5.74) is 1.66. The van der Waals surface area contributed by atoms with Crippen LogP contribution in [0.4, 0.5) is 4.79 Å². The molecule has 4 atom stereocenters. The Bertz CT molecular complexity index is 984. The van der Waals surface area contributed by atoms with E-state index in [0.29, 0.717) is 12.8 Å². The Kier molecular flexibility index (Phi) is 7.50. The van der Waals surface area contributed by atoms with Crippen LogP contribution in [0.1, 0.15) is 66.5 Å². The molecule has 2 aromatic carbocycles. The molecule has 202 valence electrons. The number of hydrogen-bond donors (Lipinski definition) is 2.